The molecule has 0 atom stereocenters. The second-order valence-electron chi connectivity index (χ2n) is 4.75. The predicted molar refractivity (Wildman–Crippen MR) is 72.1 cm³/mol. The van der Waals surface area contributed by atoms with Crippen molar-refractivity contribution in [2.45, 2.75) is 18.6 Å². The van der Waals surface area contributed by atoms with Crippen molar-refractivity contribution in [3.8, 4) is 5.75 Å². The molecule has 1 aliphatic carbocycles. The Kier molecular flexibility index (Phi) is 3.01. The highest BCUT2D eigenvalue weighted by Gasteiger charge is 2.31. The molecule has 0 N–H and O–H groups in total. The fraction of sp³-hybridized carbons (Fsp3) is 0.286. The van der Waals surface area contributed by atoms with E-state index >= 15 is 0 Å². The number of hydrogen-bond donors (Lipinski definition) is 0. The largest absolute Gasteiger partial charge is 0.497 e. The van der Waals surface area contributed by atoms with Gasteiger partial charge in [0.25, 0.3) is 0 Å². The zero-order chi connectivity index (χ0) is 11.6. The molecule has 1 aromatic rings. The van der Waals surface area contributed by atoms with E-state index in [1.165, 1.54) is 5.19 Å². The number of ether oxygens (including phenoxy) is 1. The minimum atomic E-state index is -1.41. The molecular formula is C14H18OSi. The molecule has 0 amide bonds. The highest BCUT2D eigenvalue weighted by atomic mass is 28.3. The van der Waals surface area contributed by atoms with Crippen LogP contribution in [0.1, 0.15) is 0 Å². The molecule has 0 aliphatic heterocycles. The Balaban J connectivity index is 2.27. The van der Waals surface area contributed by atoms with Crippen molar-refractivity contribution in [1.82, 2.24) is 0 Å². The lowest BCUT2D eigenvalue weighted by Crippen LogP contribution is -2.44. The summed E-state index contributed by atoms with van der Waals surface area (Å²) in [5, 5.41) is 1.48. The van der Waals surface area contributed by atoms with Crippen LogP contribution in [0.4, 0.5) is 0 Å². The second-order valence-corrected chi connectivity index (χ2v) is 9.43. The normalized spacial score (nSPS) is 15.7. The van der Waals surface area contributed by atoms with Gasteiger partial charge >= 0.3 is 0 Å². The third kappa shape index (κ3) is 1.98. The fourth-order valence-corrected chi connectivity index (χ4v) is 4.72. The Morgan fingerprint density at radius 2 is 1.56 bits per heavy atom. The molecule has 0 bridgehead atoms. The minimum Gasteiger partial charge on any atom is -0.497 e. The zero-order valence-corrected chi connectivity index (χ0v) is 11.1. The number of allylic oxidation sites excluding steroid dienone is 4. The molecule has 0 saturated carbocycles. The molecule has 1 aromatic carbocycles. The van der Waals surface area contributed by atoms with E-state index in [-0.39, 0.29) is 0 Å². The standard InChI is InChI=1S/C14H18OSi/c1-15-12-8-10-14(11-9-12)16(2,3)13-6-4-5-7-13/h4-11,13H,1-3H3. The predicted octanol–water partition coefficient (Wildman–Crippen LogP) is 3.11. The first-order valence-electron chi connectivity index (χ1n) is 5.64. The number of methoxy groups -OCH3 is 1. The van der Waals surface area contributed by atoms with Crippen LogP contribution in [0.3, 0.4) is 0 Å². The van der Waals surface area contributed by atoms with E-state index in [2.05, 4.69) is 61.7 Å². The van der Waals surface area contributed by atoms with Gasteiger partial charge in [-0.2, -0.15) is 0 Å². The second kappa shape index (κ2) is 4.30. The Labute approximate surface area is 98.5 Å². The van der Waals surface area contributed by atoms with Gasteiger partial charge in [0.05, 0.1) is 15.2 Å². The molecule has 2 heteroatoms. The molecule has 0 heterocycles. The molecule has 0 spiro atoms. The number of hydrogen-bond acceptors (Lipinski definition) is 1. The first kappa shape index (κ1) is 11.2. The monoisotopic (exact) mass is 230 g/mol. The van der Waals surface area contributed by atoms with Crippen LogP contribution in [-0.2, 0) is 0 Å². The zero-order valence-electron chi connectivity index (χ0n) is 10.1. The summed E-state index contributed by atoms with van der Waals surface area (Å²) in [6.45, 7) is 4.83. The van der Waals surface area contributed by atoms with Crippen LogP contribution in [0.25, 0.3) is 0 Å². The maximum Gasteiger partial charge on any atom is 0.118 e. The molecule has 0 radical (unpaired) electrons. The summed E-state index contributed by atoms with van der Waals surface area (Å²) in [6.07, 6.45) is 8.94. The molecule has 1 aliphatic rings. The van der Waals surface area contributed by atoms with E-state index in [9.17, 15) is 0 Å². The van der Waals surface area contributed by atoms with Gasteiger partial charge in [0.15, 0.2) is 0 Å². The van der Waals surface area contributed by atoms with Crippen LogP contribution in [0, 0.1) is 0 Å². The van der Waals surface area contributed by atoms with Gasteiger partial charge in [-0.1, -0.05) is 54.7 Å². The highest BCUT2D eigenvalue weighted by Crippen LogP contribution is 2.28. The quantitative estimate of drug-likeness (QED) is 0.725. The van der Waals surface area contributed by atoms with Crippen LogP contribution in [0.15, 0.2) is 48.6 Å². The lowest BCUT2D eigenvalue weighted by molar-refractivity contribution is 0.415. The van der Waals surface area contributed by atoms with Gasteiger partial charge in [-0.05, 0) is 17.7 Å². The van der Waals surface area contributed by atoms with Crippen molar-refractivity contribution < 1.29 is 4.74 Å². The van der Waals surface area contributed by atoms with Crippen LogP contribution < -0.4 is 9.92 Å². The molecule has 0 aromatic heterocycles. The van der Waals surface area contributed by atoms with Gasteiger partial charge in [-0.25, -0.2) is 0 Å². The average molecular weight is 230 g/mol. The molecule has 0 unspecified atom stereocenters. The molecule has 16 heavy (non-hydrogen) atoms. The van der Waals surface area contributed by atoms with Crippen molar-refractivity contribution in [2.24, 2.45) is 0 Å². The lowest BCUT2D eigenvalue weighted by Gasteiger charge is -2.27. The summed E-state index contributed by atoms with van der Waals surface area (Å²) >= 11 is 0. The van der Waals surface area contributed by atoms with Gasteiger partial charge in [-0.15, -0.1) is 0 Å². The highest BCUT2D eigenvalue weighted by molar-refractivity contribution is 6.91. The minimum absolute atomic E-state index is 0.626. The maximum atomic E-state index is 5.19. The molecule has 0 saturated heterocycles. The van der Waals surface area contributed by atoms with E-state index in [4.69, 9.17) is 4.74 Å². The molecular weight excluding hydrogens is 212 g/mol. The average Bonchev–Trinajstić information content (AvgIpc) is 2.83. The smallest absolute Gasteiger partial charge is 0.118 e. The van der Waals surface area contributed by atoms with Gasteiger partial charge in [0, 0.05) is 0 Å². The summed E-state index contributed by atoms with van der Waals surface area (Å²) in [6, 6.07) is 8.55. The summed E-state index contributed by atoms with van der Waals surface area (Å²) in [5.41, 5.74) is 0.626. The number of benzene rings is 1. The van der Waals surface area contributed by atoms with Gasteiger partial charge in [0.2, 0.25) is 0 Å². The summed E-state index contributed by atoms with van der Waals surface area (Å²) in [7, 11) is 0.297. The Morgan fingerprint density at radius 3 is 2.06 bits per heavy atom. The Bertz CT molecular complexity index is 403. The lowest BCUT2D eigenvalue weighted by atomic mass is 10.3. The van der Waals surface area contributed by atoms with Crippen molar-refractivity contribution >= 4 is 13.3 Å². The molecule has 84 valence electrons. The molecule has 2 rings (SSSR count). The Morgan fingerprint density at radius 1 is 1.00 bits per heavy atom. The van der Waals surface area contributed by atoms with Crippen LogP contribution in [0.5, 0.6) is 5.75 Å². The first-order chi connectivity index (χ1) is 7.64. The fourth-order valence-electron chi connectivity index (χ4n) is 2.13. The van der Waals surface area contributed by atoms with Crippen molar-refractivity contribution in [3.05, 3.63) is 48.6 Å². The van der Waals surface area contributed by atoms with E-state index < -0.39 is 8.07 Å². The SMILES string of the molecule is COc1ccc([Si](C)(C)C2C=CC=C2)cc1. The third-order valence-corrected chi connectivity index (χ3v) is 7.29. The summed E-state index contributed by atoms with van der Waals surface area (Å²) in [4.78, 5) is 0. The Hall–Kier alpha value is -1.28. The number of rotatable bonds is 3. The molecule has 0 fully saturated rings. The van der Waals surface area contributed by atoms with Gasteiger partial charge < -0.3 is 4.74 Å². The summed E-state index contributed by atoms with van der Waals surface area (Å²) in [5.74, 6) is 0.936. The third-order valence-electron chi connectivity index (χ3n) is 3.42. The van der Waals surface area contributed by atoms with Crippen molar-refractivity contribution in [1.29, 1.82) is 0 Å². The first-order valence-corrected chi connectivity index (χ1v) is 8.72. The molecule has 1 nitrogen and oxygen atoms in total. The van der Waals surface area contributed by atoms with Crippen LogP contribution >= 0.6 is 0 Å². The van der Waals surface area contributed by atoms with Crippen molar-refractivity contribution in [3.63, 3.8) is 0 Å². The van der Waals surface area contributed by atoms with Gasteiger partial charge in [0.1, 0.15) is 5.75 Å². The maximum absolute atomic E-state index is 5.19. The summed E-state index contributed by atoms with van der Waals surface area (Å²) < 4.78 is 5.19. The van der Waals surface area contributed by atoms with E-state index in [1.807, 2.05) is 0 Å². The van der Waals surface area contributed by atoms with Crippen LogP contribution in [-0.4, -0.2) is 15.2 Å². The van der Waals surface area contributed by atoms with E-state index in [1.54, 1.807) is 7.11 Å². The van der Waals surface area contributed by atoms with E-state index in [0.717, 1.165) is 5.75 Å². The van der Waals surface area contributed by atoms with Crippen LogP contribution in [0.2, 0.25) is 18.6 Å². The van der Waals surface area contributed by atoms with E-state index in [0.29, 0.717) is 5.54 Å². The topological polar surface area (TPSA) is 9.23 Å². The van der Waals surface area contributed by atoms with Crippen molar-refractivity contribution in [2.75, 3.05) is 7.11 Å². The van der Waals surface area contributed by atoms with Gasteiger partial charge in [-0.3, -0.25) is 0 Å².